The zero-order chi connectivity index (χ0) is 19.8. The minimum Gasteiger partial charge on any atom is -0.497 e. The molecule has 2 heterocycles. The maximum absolute atomic E-state index is 13.5. The maximum Gasteiger partial charge on any atom is 0.256 e. The number of ether oxygens (including phenoxy) is 1. The number of hydrogen-bond donors (Lipinski definition) is 0. The van der Waals surface area contributed by atoms with Gasteiger partial charge in [0.15, 0.2) is 5.82 Å². The summed E-state index contributed by atoms with van der Waals surface area (Å²) in [7, 11) is 5.36. The zero-order valence-corrected chi connectivity index (χ0v) is 17.0. The van der Waals surface area contributed by atoms with Crippen LogP contribution in [0.5, 0.6) is 5.75 Å². The van der Waals surface area contributed by atoms with Gasteiger partial charge in [0.05, 0.1) is 19.2 Å². The molecule has 1 aliphatic rings. The van der Waals surface area contributed by atoms with Crippen LogP contribution in [0, 0.1) is 6.92 Å². The Bertz CT molecular complexity index is 1010. The number of benzene rings is 1. The monoisotopic (exact) mass is 381 g/mol. The topological polar surface area (TPSA) is 65.2 Å². The number of carbonyl (C=O) groups excluding carboxylic acids is 1. The van der Waals surface area contributed by atoms with E-state index in [2.05, 4.69) is 27.8 Å². The molecule has 4 rings (SSSR count). The molecule has 1 fully saturated rings. The third-order valence-electron chi connectivity index (χ3n) is 5.89. The summed E-state index contributed by atoms with van der Waals surface area (Å²) in [4.78, 5) is 15.2. The largest absolute Gasteiger partial charge is 0.497 e. The number of rotatable bonds is 5. The van der Waals surface area contributed by atoms with Gasteiger partial charge >= 0.3 is 0 Å². The number of nitrogens with zero attached hydrogens (tertiary/aromatic N) is 5. The van der Waals surface area contributed by atoms with Gasteiger partial charge in [-0.05, 0) is 38.0 Å². The molecule has 0 spiro atoms. The van der Waals surface area contributed by atoms with Crippen LogP contribution in [-0.2, 0) is 13.6 Å². The van der Waals surface area contributed by atoms with Crippen LogP contribution in [0.4, 0.5) is 0 Å². The van der Waals surface area contributed by atoms with Crippen molar-refractivity contribution in [3.63, 3.8) is 0 Å². The Morgan fingerprint density at radius 2 is 2.07 bits per heavy atom. The summed E-state index contributed by atoms with van der Waals surface area (Å²) in [6.07, 6.45) is 6.47. The second-order valence-electron chi connectivity index (χ2n) is 7.67. The van der Waals surface area contributed by atoms with Gasteiger partial charge in [0, 0.05) is 36.7 Å². The molecule has 7 nitrogen and oxygen atoms in total. The molecule has 0 atom stereocenters. The number of aromatic nitrogens is 4. The van der Waals surface area contributed by atoms with Gasteiger partial charge in [-0.25, -0.2) is 0 Å². The zero-order valence-electron chi connectivity index (χ0n) is 17.0. The van der Waals surface area contributed by atoms with E-state index in [1.54, 1.807) is 18.3 Å². The van der Waals surface area contributed by atoms with Crippen LogP contribution in [-0.4, -0.2) is 44.3 Å². The van der Waals surface area contributed by atoms with E-state index in [-0.39, 0.29) is 5.91 Å². The Labute approximate surface area is 164 Å². The van der Waals surface area contributed by atoms with E-state index in [0.717, 1.165) is 33.7 Å². The van der Waals surface area contributed by atoms with Gasteiger partial charge in [-0.3, -0.25) is 4.79 Å². The van der Waals surface area contributed by atoms with Gasteiger partial charge in [-0.1, -0.05) is 12.8 Å². The first-order valence-electron chi connectivity index (χ1n) is 9.78. The fourth-order valence-electron chi connectivity index (χ4n) is 4.38. The lowest BCUT2D eigenvalue weighted by Gasteiger charge is -2.18. The molecule has 3 aromatic rings. The van der Waals surface area contributed by atoms with Crippen LogP contribution in [0.3, 0.4) is 0 Å². The van der Waals surface area contributed by atoms with Gasteiger partial charge in [0.2, 0.25) is 0 Å². The summed E-state index contributed by atoms with van der Waals surface area (Å²) >= 11 is 0. The van der Waals surface area contributed by atoms with Crippen molar-refractivity contribution in [2.45, 2.75) is 45.2 Å². The second kappa shape index (κ2) is 7.30. The normalized spacial score (nSPS) is 14.7. The molecular formula is C21H27N5O2. The predicted octanol–water partition coefficient (Wildman–Crippen LogP) is 3.47. The SMILES string of the molecule is COc1ccc2c(c1)c(C(=O)N(C)Cc1nncn1C)c(C)n2C1CCCC1. The predicted molar refractivity (Wildman–Crippen MR) is 108 cm³/mol. The van der Waals surface area contributed by atoms with Crippen LogP contribution >= 0.6 is 0 Å². The minimum atomic E-state index is -0.00417. The molecule has 1 aliphatic carbocycles. The molecule has 1 aromatic carbocycles. The Morgan fingerprint density at radius 1 is 1.32 bits per heavy atom. The summed E-state index contributed by atoms with van der Waals surface area (Å²) in [6, 6.07) is 6.50. The molecule has 0 saturated heterocycles. The van der Waals surface area contributed by atoms with Crippen molar-refractivity contribution < 1.29 is 9.53 Å². The molecule has 0 radical (unpaired) electrons. The van der Waals surface area contributed by atoms with E-state index in [4.69, 9.17) is 4.74 Å². The number of amides is 1. The van der Waals surface area contributed by atoms with Gasteiger partial charge in [0.25, 0.3) is 5.91 Å². The molecule has 1 amide bonds. The molecule has 7 heteroatoms. The number of methoxy groups -OCH3 is 1. The summed E-state index contributed by atoms with van der Waals surface area (Å²) in [6.45, 7) is 2.48. The maximum atomic E-state index is 13.5. The summed E-state index contributed by atoms with van der Waals surface area (Å²) in [5, 5.41) is 8.97. The molecule has 28 heavy (non-hydrogen) atoms. The minimum absolute atomic E-state index is 0.00417. The highest BCUT2D eigenvalue weighted by atomic mass is 16.5. The van der Waals surface area contributed by atoms with Crippen molar-refractivity contribution in [3.05, 3.63) is 41.6 Å². The third-order valence-corrected chi connectivity index (χ3v) is 5.89. The van der Waals surface area contributed by atoms with Crippen LogP contribution in [0.25, 0.3) is 10.9 Å². The molecular weight excluding hydrogens is 354 g/mol. The first-order chi connectivity index (χ1) is 13.5. The van der Waals surface area contributed by atoms with E-state index >= 15 is 0 Å². The van der Waals surface area contributed by atoms with Crippen molar-refractivity contribution in [1.82, 2.24) is 24.2 Å². The third kappa shape index (κ3) is 3.04. The lowest BCUT2D eigenvalue weighted by atomic mass is 10.1. The number of carbonyl (C=O) groups is 1. The molecule has 148 valence electrons. The van der Waals surface area contributed by atoms with Gasteiger partial charge in [-0.2, -0.15) is 0 Å². The lowest BCUT2D eigenvalue weighted by molar-refractivity contribution is 0.0781. The van der Waals surface area contributed by atoms with Crippen molar-refractivity contribution in [3.8, 4) is 5.75 Å². The van der Waals surface area contributed by atoms with E-state index < -0.39 is 0 Å². The molecule has 2 aromatic heterocycles. The van der Waals surface area contributed by atoms with Crippen LogP contribution < -0.4 is 4.74 Å². The molecule has 0 N–H and O–H groups in total. The average Bonchev–Trinajstić information content (AvgIpc) is 3.40. The number of aryl methyl sites for hydroxylation is 1. The Kier molecular flexibility index (Phi) is 4.83. The van der Waals surface area contributed by atoms with Crippen molar-refractivity contribution in [2.24, 2.45) is 7.05 Å². The highest BCUT2D eigenvalue weighted by Gasteiger charge is 2.28. The number of fused-ring (bicyclic) bond motifs is 1. The Hall–Kier alpha value is -2.83. The van der Waals surface area contributed by atoms with Crippen LogP contribution in [0.1, 0.15) is 53.6 Å². The van der Waals surface area contributed by atoms with E-state index in [9.17, 15) is 4.79 Å². The van der Waals surface area contributed by atoms with Crippen molar-refractivity contribution >= 4 is 16.8 Å². The molecule has 0 aliphatic heterocycles. The van der Waals surface area contributed by atoms with E-state index in [0.29, 0.717) is 12.6 Å². The summed E-state index contributed by atoms with van der Waals surface area (Å²) in [5.74, 6) is 1.52. The standard InChI is InChI=1S/C21H27N5O2/c1-14-20(21(27)24(2)12-19-23-22-13-25(19)3)17-11-16(28-4)9-10-18(17)26(14)15-7-5-6-8-15/h9-11,13,15H,5-8,12H2,1-4H3. The van der Waals surface area contributed by atoms with Crippen molar-refractivity contribution in [1.29, 1.82) is 0 Å². The van der Waals surface area contributed by atoms with Crippen LogP contribution in [0.2, 0.25) is 0 Å². The first kappa shape index (κ1) is 18.5. The van der Waals surface area contributed by atoms with E-state index in [1.165, 1.54) is 25.7 Å². The number of hydrogen-bond acceptors (Lipinski definition) is 4. The van der Waals surface area contributed by atoms with Crippen molar-refractivity contribution in [2.75, 3.05) is 14.2 Å². The highest BCUT2D eigenvalue weighted by Crippen LogP contribution is 2.38. The molecule has 0 bridgehead atoms. The fourth-order valence-corrected chi connectivity index (χ4v) is 4.38. The summed E-state index contributed by atoms with van der Waals surface area (Å²) < 4.78 is 9.64. The second-order valence-corrected chi connectivity index (χ2v) is 7.67. The summed E-state index contributed by atoms with van der Waals surface area (Å²) in [5.41, 5.74) is 2.90. The Balaban J connectivity index is 1.79. The molecule has 0 unspecified atom stereocenters. The van der Waals surface area contributed by atoms with Gasteiger partial charge in [0.1, 0.15) is 12.1 Å². The average molecular weight is 381 g/mol. The highest BCUT2D eigenvalue weighted by molar-refractivity contribution is 6.08. The quantitative estimate of drug-likeness (QED) is 0.679. The van der Waals surface area contributed by atoms with Gasteiger partial charge < -0.3 is 18.8 Å². The van der Waals surface area contributed by atoms with E-state index in [1.807, 2.05) is 30.8 Å². The lowest BCUT2D eigenvalue weighted by Crippen LogP contribution is -2.28. The van der Waals surface area contributed by atoms with Gasteiger partial charge in [-0.15, -0.1) is 10.2 Å². The molecule has 1 saturated carbocycles. The fraction of sp³-hybridized carbons (Fsp3) is 0.476. The van der Waals surface area contributed by atoms with Crippen LogP contribution in [0.15, 0.2) is 24.5 Å². The smallest absolute Gasteiger partial charge is 0.256 e. The Morgan fingerprint density at radius 3 is 2.71 bits per heavy atom. The first-order valence-corrected chi connectivity index (χ1v) is 9.78.